The summed E-state index contributed by atoms with van der Waals surface area (Å²) in [5.41, 5.74) is 6.96. The zero-order chi connectivity index (χ0) is 14.8. The number of aliphatic imine (C=N–C) groups is 1. The van der Waals surface area contributed by atoms with Gasteiger partial charge in [-0.25, -0.2) is 8.78 Å². The molecule has 0 bridgehead atoms. The molecule has 0 radical (unpaired) electrons. The Morgan fingerprint density at radius 3 is 2.67 bits per heavy atom. The molecule has 0 fully saturated rings. The molecule has 21 heavy (non-hydrogen) atoms. The van der Waals surface area contributed by atoms with E-state index in [9.17, 15) is 8.78 Å². The summed E-state index contributed by atoms with van der Waals surface area (Å²) in [6, 6.07) is 10.5. The molecule has 6 heteroatoms. The normalized spacial score (nSPS) is 18.3. The third-order valence-electron chi connectivity index (χ3n) is 3.58. The first-order chi connectivity index (χ1) is 10.1. The second-order valence-corrected chi connectivity index (χ2v) is 5.92. The minimum atomic E-state index is -2.44. The fraction of sp³-hybridized carbons (Fsp3) is 0.267. The Morgan fingerprint density at radius 2 is 2.05 bits per heavy atom. The van der Waals surface area contributed by atoms with Crippen molar-refractivity contribution in [1.29, 1.82) is 0 Å². The van der Waals surface area contributed by atoms with Crippen molar-refractivity contribution >= 4 is 17.3 Å². The van der Waals surface area contributed by atoms with Gasteiger partial charge in [0.15, 0.2) is 5.96 Å². The summed E-state index contributed by atoms with van der Waals surface area (Å²) in [4.78, 5) is 7.51. The smallest absolute Gasteiger partial charge is 0.263 e. The lowest BCUT2D eigenvalue weighted by molar-refractivity contribution is 0.151. The quantitative estimate of drug-likeness (QED) is 0.938. The number of nitrogens with zero attached hydrogens (tertiary/aromatic N) is 2. The zero-order valence-electron chi connectivity index (χ0n) is 11.2. The van der Waals surface area contributed by atoms with Crippen LogP contribution in [0.4, 0.5) is 8.78 Å². The Labute approximate surface area is 125 Å². The van der Waals surface area contributed by atoms with Crippen LogP contribution in [0.15, 0.2) is 46.8 Å². The SMILES string of the molecule is NC1=NCC(c2ccc(C(F)F)cc2)N1Cc1cccs1. The molecule has 0 amide bonds. The van der Waals surface area contributed by atoms with E-state index in [2.05, 4.69) is 4.99 Å². The number of alkyl halides is 2. The Bertz CT molecular complexity index is 623. The Kier molecular flexibility index (Phi) is 3.88. The third kappa shape index (κ3) is 2.90. The minimum absolute atomic E-state index is 0.0128. The van der Waals surface area contributed by atoms with Crippen LogP contribution < -0.4 is 5.73 Å². The standard InChI is InChI=1S/C15H15F2N3S/c16-14(17)11-5-3-10(4-6-11)13-8-19-15(18)20(13)9-12-2-1-7-21-12/h1-7,13-14H,8-9H2,(H2,18,19). The molecule has 1 aromatic carbocycles. The van der Waals surface area contributed by atoms with Gasteiger partial charge in [0.2, 0.25) is 0 Å². The molecule has 1 aromatic heterocycles. The van der Waals surface area contributed by atoms with Crippen molar-refractivity contribution in [1.82, 2.24) is 4.90 Å². The average Bonchev–Trinajstić information content (AvgIpc) is 3.11. The van der Waals surface area contributed by atoms with Crippen LogP contribution in [-0.4, -0.2) is 17.4 Å². The first kappa shape index (κ1) is 14.0. The van der Waals surface area contributed by atoms with Gasteiger partial charge < -0.3 is 10.6 Å². The summed E-state index contributed by atoms with van der Waals surface area (Å²) in [6.07, 6.45) is -2.44. The van der Waals surface area contributed by atoms with Gasteiger partial charge in [0.25, 0.3) is 6.43 Å². The van der Waals surface area contributed by atoms with Crippen LogP contribution in [0, 0.1) is 0 Å². The van der Waals surface area contributed by atoms with Crippen molar-refractivity contribution in [2.24, 2.45) is 10.7 Å². The predicted octanol–water partition coefficient (Wildman–Crippen LogP) is 3.56. The van der Waals surface area contributed by atoms with Crippen LogP contribution in [0.5, 0.6) is 0 Å². The average molecular weight is 307 g/mol. The van der Waals surface area contributed by atoms with Gasteiger partial charge in [-0.1, -0.05) is 30.3 Å². The van der Waals surface area contributed by atoms with E-state index in [0.717, 1.165) is 5.56 Å². The number of guanidine groups is 1. The van der Waals surface area contributed by atoms with Gasteiger partial charge in [0.05, 0.1) is 19.1 Å². The molecular formula is C15H15F2N3S. The summed E-state index contributed by atoms with van der Waals surface area (Å²) in [7, 11) is 0. The zero-order valence-corrected chi connectivity index (χ0v) is 12.1. The molecular weight excluding hydrogens is 292 g/mol. The third-order valence-corrected chi connectivity index (χ3v) is 4.44. The van der Waals surface area contributed by atoms with Gasteiger partial charge in [-0.15, -0.1) is 11.3 Å². The van der Waals surface area contributed by atoms with Crippen molar-refractivity contribution in [3.8, 4) is 0 Å². The molecule has 3 rings (SSSR count). The van der Waals surface area contributed by atoms with Crippen LogP contribution in [0.1, 0.15) is 28.5 Å². The lowest BCUT2D eigenvalue weighted by atomic mass is 10.0. The maximum absolute atomic E-state index is 12.6. The van der Waals surface area contributed by atoms with E-state index in [0.29, 0.717) is 19.0 Å². The van der Waals surface area contributed by atoms with E-state index < -0.39 is 6.43 Å². The highest BCUT2D eigenvalue weighted by Gasteiger charge is 2.27. The van der Waals surface area contributed by atoms with Crippen molar-refractivity contribution in [3.05, 3.63) is 57.8 Å². The highest BCUT2D eigenvalue weighted by atomic mass is 32.1. The molecule has 2 aromatic rings. The molecule has 1 unspecified atom stereocenters. The van der Waals surface area contributed by atoms with Crippen molar-refractivity contribution in [2.75, 3.05) is 6.54 Å². The van der Waals surface area contributed by atoms with Crippen molar-refractivity contribution < 1.29 is 8.78 Å². The molecule has 0 aliphatic carbocycles. The van der Waals surface area contributed by atoms with Gasteiger partial charge >= 0.3 is 0 Å². The molecule has 3 nitrogen and oxygen atoms in total. The molecule has 1 aliphatic rings. The maximum Gasteiger partial charge on any atom is 0.263 e. The number of rotatable bonds is 4. The minimum Gasteiger partial charge on any atom is -0.370 e. The summed E-state index contributed by atoms with van der Waals surface area (Å²) >= 11 is 1.66. The summed E-state index contributed by atoms with van der Waals surface area (Å²) in [5, 5.41) is 2.02. The van der Waals surface area contributed by atoms with Crippen LogP contribution in [-0.2, 0) is 6.54 Å². The van der Waals surface area contributed by atoms with E-state index in [4.69, 9.17) is 5.73 Å². The highest BCUT2D eigenvalue weighted by Crippen LogP contribution is 2.29. The monoisotopic (exact) mass is 307 g/mol. The molecule has 2 heterocycles. The molecule has 1 aliphatic heterocycles. The lowest BCUT2D eigenvalue weighted by Crippen LogP contribution is -2.35. The van der Waals surface area contributed by atoms with E-state index in [-0.39, 0.29) is 11.6 Å². The van der Waals surface area contributed by atoms with Gasteiger partial charge in [-0.2, -0.15) is 0 Å². The van der Waals surface area contributed by atoms with Gasteiger partial charge in [-0.05, 0) is 17.0 Å². The van der Waals surface area contributed by atoms with Crippen LogP contribution >= 0.6 is 11.3 Å². The Hall–Kier alpha value is -1.95. The van der Waals surface area contributed by atoms with E-state index in [1.165, 1.54) is 17.0 Å². The molecule has 0 spiro atoms. The van der Waals surface area contributed by atoms with Crippen molar-refractivity contribution in [3.63, 3.8) is 0 Å². The lowest BCUT2D eigenvalue weighted by Gasteiger charge is -2.26. The predicted molar refractivity (Wildman–Crippen MR) is 80.5 cm³/mol. The fourth-order valence-corrected chi connectivity index (χ4v) is 3.14. The van der Waals surface area contributed by atoms with Gasteiger partial charge in [0.1, 0.15) is 0 Å². The van der Waals surface area contributed by atoms with E-state index in [1.807, 2.05) is 22.4 Å². The largest absolute Gasteiger partial charge is 0.370 e. The van der Waals surface area contributed by atoms with Crippen LogP contribution in [0.3, 0.4) is 0 Å². The Morgan fingerprint density at radius 1 is 1.29 bits per heavy atom. The van der Waals surface area contributed by atoms with E-state index >= 15 is 0 Å². The number of hydrogen-bond donors (Lipinski definition) is 1. The number of benzene rings is 1. The molecule has 0 saturated heterocycles. The maximum atomic E-state index is 12.6. The number of nitrogens with two attached hydrogens (primary N) is 1. The van der Waals surface area contributed by atoms with Gasteiger partial charge in [0, 0.05) is 10.4 Å². The first-order valence-corrected chi connectivity index (χ1v) is 7.50. The molecule has 2 N–H and O–H groups in total. The molecule has 0 saturated carbocycles. The summed E-state index contributed by atoms with van der Waals surface area (Å²) in [6.45, 7) is 1.25. The topological polar surface area (TPSA) is 41.6 Å². The number of halogens is 2. The van der Waals surface area contributed by atoms with Crippen LogP contribution in [0.2, 0.25) is 0 Å². The van der Waals surface area contributed by atoms with Gasteiger partial charge in [-0.3, -0.25) is 4.99 Å². The second-order valence-electron chi connectivity index (χ2n) is 4.89. The number of thiophene rings is 1. The van der Waals surface area contributed by atoms with Crippen LogP contribution in [0.25, 0.3) is 0 Å². The molecule has 1 atom stereocenters. The van der Waals surface area contributed by atoms with Crippen molar-refractivity contribution in [2.45, 2.75) is 19.0 Å². The summed E-state index contributed by atoms with van der Waals surface area (Å²) in [5.74, 6) is 0.506. The fourth-order valence-electron chi connectivity index (χ4n) is 2.44. The molecule has 110 valence electrons. The summed E-state index contributed by atoms with van der Waals surface area (Å²) < 4.78 is 25.2. The second kappa shape index (κ2) is 5.81. The van der Waals surface area contributed by atoms with E-state index in [1.54, 1.807) is 23.5 Å². The Balaban J connectivity index is 1.80. The first-order valence-electron chi connectivity index (χ1n) is 6.62. The number of hydrogen-bond acceptors (Lipinski definition) is 4. The highest BCUT2D eigenvalue weighted by molar-refractivity contribution is 7.09.